The lowest BCUT2D eigenvalue weighted by molar-refractivity contribution is 0.112. The van der Waals surface area contributed by atoms with Gasteiger partial charge in [0.1, 0.15) is 6.54 Å². The number of hydrogen-bond donors (Lipinski definition) is 0. The van der Waals surface area contributed by atoms with Crippen LogP contribution in [0.15, 0.2) is 30.6 Å². The molecule has 0 atom stereocenters. The molecule has 0 saturated heterocycles. The second kappa shape index (κ2) is 4.58. The van der Waals surface area contributed by atoms with Crippen LogP contribution in [0, 0.1) is 11.8 Å². The van der Waals surface area contributed by atoms with Gasteiger partial charge in [0, 0.05) is 12.4 Å². The molecule has 0 aromatic carbocycles. The van der Waals surface area contributed by atoms with Crippen LogP contribution in [0.2, 0.25) is 0 Å². The van der Waals surface area contributed by atoms with Crippen molar-refractivity contribution in [2.24, 2.45) is 0 Å². The average Bonchev–Trinajstić information content (AvgIpc) is 2.88. The van der Waals surface area contributed by atoms with Crippen LogP contribution >= 0.6 is 11.3 Å². The smallest absolute Gasteiger partial charge is 0.160 e. The van der Waals surface area contributed by atoms with E-state index in [2.05, 4.69) is 16.9 Å². The Balaban J connectivity index is 2.02. The highest BCUT2D eigenvalue weighted by molar-refractivity contribution is 7.14. The van der Waals surface area contributed by atoms with Gasteiger partial charge < -0.3 is 0 Å². The van der Waals surface area contributed by atoms with Gasteiger partial charge in [-0.05, 0) is 18.2 Å². The van der Waals surface area contributed by atoms with Gasteiger partial charge >= 0.3 is 0 Å². The fourth-order valence-corrected chi connectivity index (χ4v) is 1.78. The second-order valence-corrected chi connectivity index (χ2v) is 3.94. The molecule has 4 heteroatoms. The van der Waals surface area contributed by atoms with E-state index >= 15 is 0 Å². The van der Waals surface area contributed by atoms with E-state index in [9.17, 15) is 4.79 Å². The largest absolute Gasteiger partial charge is 0.297 e. The maximum atomic E-state index is 10.4. The zero-order valence-corrected chi connectivity index (χ0v) is 8.70. The fourth-order valence-electron chi connectivity index (χ4n) is 1.08. The minimum Gasteiger partial charge on any atom is -0.297 e. The van der Waals surface area contributed by atoms with Crippen LogP contribution in [0.4, 0.5) is 0 Å². The summed E-state index contributed by atoms with van der Waals surface area (Å²) in [4.78, 5) is 12.0. The van der Waals surface area contributed by atoms with Crippen molar-refractivity contribution in [2.45, 2.75) is 6.54 Å². The van der Waals surface area contributed by atoms with E-state index in [0.29, 0.717) is 11.4 Å². The number of thiophene rings is 1. The van der Waals surface area contributed by atoms with E-state index < -0.39 is 0 Å². The number of rotatable bonds is 2. The summed E-state index contributed by atoms with van der Waals surface area (Å²) in [6.45, 7) is 0.571. The summed E-state index contributed by atoms with van der Waals surface area (Å²) in [5.41, 5.74) is 0. The van der Waals surface area contributed by atoms with E-state index in [1.807, 2.05) is 18.3 Å². The molecule has 0 aliphatic heterocycles. The van der Waals surface area contributed by atoms with Crippen molar-refractivity contribution in [3.8, 4) is 11.8 Å². The first-order chi connectivity index (χ1) is 7.38. The molecule has 15 heavy (non-hydrogen) atoms. The van der Waals surface area contributed by atoms with E-state index in [4.69, 9.17) is 0 Å². The first-order valence-corrected chi connectivity index (χ1v) is 5.21. The van der Waals surface area contributed by atoms with Gasteiger partial charge in [-0.25, -0.2) is 0 Å². The quantitative estimate of drug-likeness (QED) is 0.567. The minimum atomic E-state index is 0.571. The maximum Gasteiger partial charge on any atom is 0.160 e. The normalized spacial score (nSPS) is 9.33. The van der Waals surface area contributed by atoms with Gasteiger partial charge in [-0.1, -0.05) is 11.8 Å². The van der Waals surface area contributed by atoms with E-state index in [-0.39, 0.29) is 0 Å². The molecule has 0 radical (unpaired) electrons. The Kier molecular flexibility index (Phi) is 2.96. The van der Waals surface area contributed by atoms with Gasteiger partial charge in [0.2, 0.25) is 0 Å². The monoisotopic (exact) mass is 216 g/mol. The fraction of sp³-hybridized carbons (Fsp3) is 0.0909. The molecule has 0 N–H and O–H groups in total. The zero-order valence-electron chi connectivity index (χ0n) is 7.88. The molecule has 0 spiro atoms. The zero-order chi connectivity index (χ0) is 10.5. The van der Waals surface area contributed by atoms with Crippen molar-refractivity contribution < 1.29 is 4.79 Å². The maximum absolute atomic E-state index is 10.4. The predicted octanol–water partition coefficient (Wildman–Crippen LogP) is 1.81. The van der Waals surface area contributed by atoms with Gasteiger partial charge in [-0.2, -0.15) is 5.10 Å². The van der Waals surface area contributed by atoms with Crippen LogP contribution in [0.1, 0.15) is 14.5 Å². The van der Waals surface area contributed by atoms with E-state index in [1.165, 1.54) is 11.3 Å². The highest BCUT2D eigenvalue weighted by Gasteiger charge is 1.94. The topological polar surface area (TPSA) is 34.9 Å². The van der Waals surface area contributed by atoms with Crippen LogP contribution in [0.5, 0.6) is 0 Å². The molecule has 74 valence electrons. The summed E-state index contributed by atoms with van der Waals surface area (Å²) in [5, 5.41) is 4.03. The Morgan fingerprint density at radius 2 is 2.47 bits per heavy atom. The lowest BCUT2D eigenvalue weighted by Gasteiger charge is -1.89. The van der Waals surface area contributed by atoms with Crippen LogP contribution < -0.4 is 0 Å². The van der Waals surface area contributed by atoms with Crippen LogP contribution in [0.3, 0.4) is 0 Å². The molecule has 2 aromatic heterocycles. The highest BCUT2D eigenvalue weighted by atomic mass is 32.1. The third-order valence-electron chi connectivity index (χ3n) is 1.75. The van der Waals surface area contributed by atoms with Gasteiger partial charge in [-0.3, -0.25) is 9.48 Å². The summed E-state index contributed by atoms with van der Waals surface area (Å²) in [5.74, 6) is 5.97. The molecule has 0 aliphatic rings. The minimum absolute atomic E-state index is 0.571. The number of carbonyl (C=O) groups is 1. The summed E-state index contributed by atoms with van der Waals surface area (Å²) in [6, 6.07) is 5.48. The van der Waals surface area contributed by atoms with Crippen molar-refractivity contribution in [3.05, 3.63) is 40.3 Å². The molecular weight excluding hydrogens is 208 g/mol. The van der Waals surface area contributed by atoms with Crippen molar-refractivity contribution in [1.82, 2.24) is 9.78 Å². The standard InChI is InChI=1S/C11H8N2OS/c14-9-11-5-4-10(15-11)3-1-7-13-8-2-6-12-13/h2,4-6,8-9H,7H2. The number of hydrogen-bond acceptors (Lipinski definition) is 3. The highest BCUT2D eigenvalue weighted by Crippen LogP contribution is 2.12. The average molecular weight is 216 g/mol. The number of carbonyl (C=O) groups excluding carboxylic acids is 1. The molecule has 2 rings (SSSR count). The summed E-state index contributed by atoms with van der Waals surface area (Å²) in [6.07, 6.45) is 4.42. The van der Waals surface area contributed by atoms with Crippen LogP contribution in [-0.4, -0.2) is 16.1 Å². The van der Waals surface area contributed by atoms with E-state index in [1.54, 1.807) is 16.9 Å². The van der Waals surface area contributed by atoms with E-state index in [0.717, 1.165) is 11.2 Å². The third-order valence-corrected chi connectivity index (χ3v) is 2.68. The summed E-state index contributed by atoms with van der Waals surface area (Å²) >= 11 is 1.40. The lowest BCUT2D eigenvalue weighted by atomic mass is 10.4. The number of nitrogens with zero attached hydrogens (tertiary/aromatic N) is 2. The van der Waals surface area contributed by atoms with Crippen molar-refractivity contribution in [1.29, 1.82) is 0 Å². The van der Waals surface area contributed by atoms with Gasteiger partial charge in [-0.15, -0.1) is 11.3 Å². The summed E-state index contributed by atoms with van der Waals surface area (Å²) in [7, 11) is 0. The van der Waals surface area contributed by atoms with Crippen molar-refractivity contribution in [3.63, 3.8) is 0 Å². The van der Waals surface area contributed by atoms with Crippen molar-refractivity contribution in [2.75, 3.05) is 0 Å². The van der Waals surface area contributed by atoms with Gasteiger partial charge in [0.15, 0.2) is 6.29 Å². The Labute approximate surface area is 91.4 Å². The second-order valence-electron chi connectivity index (χ2n) is 2.83. The molecule has 2 aromatic rings. The number of aldehydes is 1. The molecule has 0 amide bonds. The Hall–Kier alpha value is -1.86. The molecule has 0 bridgehead atoms. The SMILES string of the molecule is O=Cc1ccc(C#CCn2cccn2)s1. The Bertz CT molecular complexity index is 502. The predicted molar refractivity (Wildman–Crippen MR) is 58.8 cm³/mol. The Morgan fingerprint density at radius 1 is 1.53 bits per heavy atom. The van der Waals surface area contributed by atoms with Crippen LogP contribution in [-0.2, 0) is 6.54 Å². The molecule has 0 unspecified atom stereocenters. The molecule has 2 heterocycles. The molecular formula is C11H8N2OS. The summed E-state index contributed by atoms with van der Waals surface area (Å²) < 4.78 is 1.75. The lowest BCUT2D eigenvalue weighted by Crippen LogP contribution is -1.94. The number of aromatic nitrogens is 2. The molecule has 3 nitrogen and oxygen atoms in total. The third kappa shape index (κ3) is 2.55. The first kappa shape index (κ1) is 9.69. The first-order valence-electron chi connectivity index (χ1n) is 4.40. The Morgan fingerprint density at radius 3 is 3.13 bits per heavy atom. The van der Waals surface area contributed by atoms with Crippen molar-refractivity contribution >= 4 is 17.6 Å². The van der Waals surface area contributed by atoms with Crippen LogP contribution in [0.25, 0.3) is 0 Å². The van der Waals surface area contributed by atoms with Gasteiger partial charge in [0.25, 0.3) is 0 Å². The molecule has 0 aliphatic carbocycles. The van der Waals surface area contributed by atoms with Gasteiger partial charge in [0.05, 0.1) is 9.75 Å². The molecule has 0 fully saturated rings. The molecule has 0 saturated carbocycles.